The Morgan fingerprint density at radius 2 is 1.90 bits per heavy atom. The van der Waals surface area contributed by atoms with Crippen LogP contribution in [0.4, 0.5) is 5.95 Å². The van der Waals surface area contributed by atoms with Crippen LogP contribution in [-0.4, -0.2) is 39.0 Å². The van der Waals surface area contributed by atoms with E-state index < -0.39 is 12.0 Å². The summed E-state index contributed by atoms with van der Waals surface area (Å²) in [5.74, 6) is -0.792. The average Bonchev–Trinajstić information content (AvgIpc) is 3.55. The van der Waals surface area contributed by atoms with Crippen LogP contribution in [0.3, 0.4) is 0 Å². The fraction of sp³-hybridized carbons (Fsp3) is 0.333. The van der Waals surface area contributed by atoms with Gasteiger partial charge in [0, 0.05) is 23.2 Å². The van der Waals surface area contributed by atoms with Crippen LogP contribution in [0.15, 0.2) is 42.6 Å². The first kappa shape index (κ1) is 20.8. The largest absolute Gasteiger partial charge is 0.480 e. The molecule has 0 aliphatic heterocycles. The van der Waals surface area contributed by atoms with Crippen LogP contribution in [0.5, 0.6) is 0 Å². The van der Waals surface area contributed by atoms with Crippen LogP contribution in [0.2, 0.25) is 0 Å². The number of carboxylic acid groups (broad SMARTS) is 1. The monoisotopic (exact) mass is 418 g/mol. The Hall–Kier alpha value is -3.48. The molecule has 0 bridgehead atoms. The van der Waals surface area contributed by atoms with Gasteiger partial charge >= 0.3 is 5.97 Å². The molecule has 1 aliphatic rings. The Morgan fingerprint density at radius 1 is 1.13 bits per heavy atom. The summed E-state index contributed by atoms with van der Waals surface area (Å²) in [4.78, 5) is 32.7. The lowest BCUT2D eigenvalue weighted by Gasteiger charge is -2.18. The van der Waals surface area contributed by atoms with E-state index >= 15 is 0 Å². The Morgan fingerprint density at radius 3 is 2.58 bits per heavy atom. The molecule has 1 saturated carbocycles. The molecular weight excluding hydrogens is 392 g/mol. The van der Waals surface area contributed by atoms with E-state index in [1.807, 2.05) is 57.2 Å². The number of aromatic nitrogens is 2. The number of hydrogen-bond acceptors (Lipinski definition) is 5. The second-order valence-corrected chi connectivity index (χ2v) is 8.45. The molecule has 4 rings (SSSR count). The molecule has 7 heteroatoms. The van der Waals surface area contributed by atoms with Crippen molar-refractivity contribution < 1.29 is 14.7 Å². The summed E-state index contributed by atoms with van der Waals surface area (Å²) in [6.07, 6.45) is 3.79. The van der Waals surface area contributed by atoms with Crippen molar-refractivity contribution in [1.82, 2.24) is 15.3 Å². The molecular formula is C24H26N4O3. The normalized spacial score (nSPS) is 14.5. The van der Waals surface area contributed by atoms with Crippen LogP contribution in [0.1, 0.15) is 42.6 Å². The third-order valence-corrected chi connectivity index (χ3v) is 5.52. The number of benzene rings is 2. The van der Waals surface area contributed by atoms with Crippen LogP contribution >= 0.6 is 0 Å². The molecule has 1 aromatic heterocycles. The minimum absolute atomic E-state index is 0.0401. The Kier molecular flexibility index (Phi) is 5.59. The van der Waals surface area contributed by atoms with Gasteiger partial charge in [-0.3, -0.25) is 4.79 Å². The maximum absolute atomic E-state index is 12.4. The molecule has 160 valence electrons. The number of hydrogen-bond donors (Lipinski definition) is 3. The number of carboxylic acids is 1. The van der Waals surface area contributed by atoms with Crippen LogP contribution < -0.4 is 10.6 Å². The molecule has 3 aromatic rings. The Balaban J connectivity index is 1.62. The van der Waals surface area contributed by atoms with Gasteiger partial charge in [-0.1, -0.05) is 26.0 Å². The highest BCUT2D eigenvalue weighted by atomic mass is 16.4. The van der Waals surface area contributed by atoms with Crippen LogP contribution in [0.25, 0.3) is 22.0 Å². The first-order chi connectivity index (χ1) is 14.8. The molecule has 3 N–H and O–H groups in total. The van der Waals surface area contributed by atoms with E-state index in [2.05, 4.69) is 20.6 Å². The van der Waals surface area contributed by atoms with Gasteiger partial charge in [-0.2, -0.15) is 0 Å². The van der Waals surface area contributed by atoms with Crippen molar-refractivity contribution >= 4 is 28.7 Å². The van der Waals surface area contributed by atoms with Crippen molar-refractivity contribution in [2.45, 2.75) is 45.7 Å². The molecule has 1 aliphatic carbocycles. The lowest BCUT2D eigenvalue weighted by molar-refractivity contribution is -0.138. The number of amides is 1. The number of nitrogens with one attached hydrogen (secondary N) is 2. The van der Waals surface area contributed by atoms with E-state index in [-0.39, 0.29) is 17.8 Å². The van der Waals surface area contributed by atoms with E-state index in [0.717, 1.165) is 40.4 Å². The minimum atomic E-state index is -0.935. The van der Waals surface area contributed by atoms with Crippen molar-refractivity contribution in [3.05, 3.63) is 53.7 Å². The van der Waals surface area contributed by atoms with E-state index in [1.54, 1.807) is 6.20 Å². The maximum atomic E-state index is 12.4. The number of carbonyl (C=O) groups excluding carboxylic acids is 1. The molecule has 1 heterocycles. The van der Waals surface area contributed by atoms with Crippen molar-refractivity contribution in [2.24, 2.45) is 5.92 Å². The highest BCUT2D eigenvalue weighted by Gasteiger charge is 2.24. The number of fused-ring (bicyclic) bond motifs is 1. The first-order valence-corrected chi connectivity index (χ1v) is 10.5. The molecule has 2 aromatic carbocycles. The van der Waals surface area contributed by atoms with Gasteiger partial charge in [0.2, 0.25) is 5.95 Å². The lowest BCUT2D eigenvalue weighted by atomic mass is 9.97. The van der Waals surface area contributed by atoms with Crippen molar-refractivity contribution in [3.63, 3.8) is 0 Å². The minimum Gasteiger partial charge on any atom is -0.480 e. The lowest BCUT2D eigenvalue weighted by Crippen LogP contribution is -2.34. The van der Waals surface area contributed by atoms with Gasteiger partial charge in [-0.25, -0.2) is 14.8 Å². The molecule has 0 saturated heterocycles. The predicted octanol–water partition coefficient (Wildman–Crippen LogP) is 4.02. The summed E-state index contributed by atoms with van der Waals surface area (Å²) in [5, 5.41) is 16.1. The Labute approximate surface area is 180 Å². The number of nitrogens with zero attached hydrogens (tertiary/aromatic N) is 2. The smallest absolute Gasteiger partial charge is 0.326 e. The predicted molar refractivity (Wildman–Crippen MR) is 120 cm³/mol. The number of carbonyl (C=O) groups is 2. The summed E-state index contributed by atoms with van der Waals surface area (Å²) in [5.41, 5.74) is 4.40. The number of rotatable bonds is 7. The molecule has 31 heavy (non-hydrogen) atoms. The second-order valence-electron chi connectivity index (χ2n) is 8.45. The topological polar surface area (TPSA) is 104 Å². The van der Waals surface area contributed by atoms with E-state index in [4.69, 9.17) is 0 Å². The maximum Gasteiger partial charge on any atom is 0.326 e. The molecule has 1 atom stereocenters. The summed E-state index contributed by atoms with van der Waals surface area (Å²) in [6.45, 7) is 5.69. The Bertz CT molecular complexity index is 1150. The van der Waals surface area contributed by atoms with Gasteiger partial charge in [0.25, 0.3) is 5.91 Å². The standard InChI is InChI=1S/C24H26N4O3/c1-13(2)21(23(30)31)28-24-25-12-17-10-15(6-9-20(17)27-24)19-11-16(5-4-14(19)3)22(29)26-18-7-8-18/h4-6,9-13,18,21H,7-8H2,1-3H3,(H,26,29)(H,30,31)(H,25,27,28)/t21-/m0/s1. The SMILES string of the molecule is Cc1ccc(C(=O)NC2CC2)cc1-c1ccc2nc(N[C@H](C(=O)O)C(C)C)ncc2c1. The second kappa shape index (κ2) is 8.34. The molecule has 0 radical (unpaired) electrons. The summed E-state index contributed by atoms with van der Waals surface area (Å²) < 4.78 is 0. The fourth-order valence-corrected chi connectivity index (χ4v) is 3.49. The average molecular weight is 418 g/mol. The van der Waals surface area contributed by atoms with Gasteiger partial charge in [0.05, 0.1) is 5.52 Å². The van der Waals surface area contributed by atoms with Gasteiger partial charge in [-0.15, -0.1) is 0 Å². The van der Waals surface area contributed by atoms with Crippen molar-refractivity contribution in [1.29, 1.82) is 0 Å². The van der Waals surface area contributed by atoms with E-state index in [9.17, 15) is 14.7 Å². The number of anilines is 1. The van der Waals surface area contributed by atoms with E-state index in [0.29, 0.717) is 11.6 Å². The molecule has 0 unspecified atom stereocenters. The molecule has 1 amide bonds. The zero-order valence-electron chi connectivity index (χ0n) is 17.8. The quantitative estimate of drug-likeness (QED) is 0.535. The van der Waals surface area contributed by atoms with E-state index in [1.165, 1.54) is 0 Å². The zero-order valence-corrected chi connectivity index (χ0v) is 17.8. The third-order valence-electron chi connectivity index (χ3n) is 5.52. The van der Waals surface area contributed by atoms with Crippen LogP contribution in [0, 0.1) is 12.8 Å². The van der Waals surface area contributed by atoms with Crippen molar-refractivity contribution in [3.8, 4) is 11.1 Å². The summed E-state index contributed by atoms with van der Waals surface area (Å²) in [7, 11) is 0. The van der Waals surface area contributed by atoms with Gasteiger partial charge in [-0.05, 0) is 66.6 Å². The zero-order chi connectivity index (χ0) is 22.1. The molecule has 0 spiro atoms. The first-order valence-electron chi connectivity index (χ1n) is 10.5. The van der Waals surface area contributed by atoms with Gasteiger partial charge < -0.3 is 15.7 Å². The fourth-order valence-electron chi connectivity index (χ4n) is 3.49. The van der Waals surface area contributed by atoms with Crippen LogP contribution in [-0.2, 0) is 4.79 Å². The molecule has 1 fully saturated rings. The van der Waals surface area contributed by atoms with Gasteiger partial charge in [0.1, 0.15) is 6.04 Å². The van der Waals surface area contributed by atoms with Crippen molar-refractivity contribution in [2.75, 3.05) is 5.32 Å². The van der Waals surface area contributed by atoms with Gasteiger partial charge in [0.15, 0.2) is 0 Å². The molecule has 7 nitrogen and oxygen atoms in total. The number of aryl methyl sites for hydroxylation is 1. The summed E-state index contributed by atoms with van der Waals surface area (Å²) >= 11 is 0. The summed E-state index contributed by atoms with van der Waals surface area (Å²) in [6, 6.07) is 11.1. The highest BCUT2D eigenvalue weighted by Crippen LogP contribution is 2.28. The third kappa shape index (κ3) is 4.66. The number of aliphatic carboxylic acids is 1. The highest BCUT2D eigenvalue weighted by molar-refractivity contribution is 5.96.